The van der Waals surface area contributed by atoms with Crippen LogP contribution in [0.15, 0.2) is 17.5 Å². The highest BCUT2D eigenvalue weighted by atomic mass is 32.2. The molecule has 1 aliphatic heterocycles. The molecule has 1 aromatic carbocycles. The van der Waals surface area contributed by atoms with E-state index in [-0.39, 0.29) is 0 Å². The predicted molar refractivity (Wildman–Crippen MR) is 155 cm³/mol. The van der Waals surface area contributed by atoms with Gasteiger partial charge in [0, 0.05) is 38.3 Å². The van der Waals surface area contributed by atoms with Crippen LogP contribution in [0.1, 0.15) is 31.7 Å². The lowest BCUT2D eigenvalue weighted by molar-refractivity contribution is 0.0841. The van der Waals surface area contributed by atoms with E-state index in [2.05, 4.69) is 17.2 Å². The molecule has 1 saturated carbocycles. The van der Waals surface area contributed by atoms with Gasteiger partial charge in [0.1, 0.15) is 22.0 Å². The largest absolute Gasteiger partial charge is 0.496 e. The van der Waals surface area contributed by atoms with E-state index in [9.17, 15) is 8.42 Å². The van der Waals surface area contributed by atoms with E-state index < -0.39 is 10.1 Å². The Hall–Kier alpha value is -2.58. The van der Waals surface area contributed by atoms with Crippen molar-refractivity contribution in [1.82, 2.24) is 9.61 Å². The first-order valence-corrected chi connectivity index (χ1v) is 15.9. The van der Waals surface area contributed by atoms with Crippen molar-refractivity contribution < 1.29 is 36.7 Å². The van der Waals surface area contributed by atoms with Crippen molar-refractivity contribution in [3.05, 3.63) is 23.1 Å². The van der Waals surface area contributed by atoms with Gasteiger partial charge in [-0.1, -0.05) is 6.92 Å². The van der Waals surface area contributed by atoms with Gasteiger partial charge in [-0.15, -0.1) is 16.4 Å². The van der Waals surface area contributed by atoms with Crippen molar-refractivity contribution in [1.29, 1.82) is 0 Å². The fourth-order valence-electron chi connectivity index (χ4n) is 5.15. The summed E-state index contributed by atoms with van der Waals surface area (Å²) < 4.78 is 56.3. The summed E-state index contributed by atoms with van der Waals surface area (Å²) in [5.41, 5.74) is 3.85. The van der Waals surface area contributed by atoms with E-state index in [1.807, 2.05) is 16.6 Å². The minimum Gasteiger partial charge on any atom is -0.496 e. The Morgan fingerprint density at radius 2 is 1.73 bits per heavy atom. The second-order valence-electron chi connectivity index (χ2n) is 10.2. The summed E-state index contributed by atoms with van der Waals surface area (Å²) in [4.78, 5) is 3.62. The van der Waals surface area contributed by atoms with Crippen molar-refractivity contribution >= 4 is 32.0 Å². The molecular formula is C27H39N3O8S2. The highest BCUT2D eigenvalue weighted by Gasteiger charge is 2.38. The van der Waals surface area contributed by atoms with Crippen molar-refractivity contribution in [3.63, 3.8) is 0 Å². The Balaban J connectivity index is 0.000000681. The number of nitrogens with zero attached hydrogens (tertiary/aromatic N) is 3. The quantitative estimate of drug-likeness (QED) is 0.337. The minimum absolute atomic E-state index is 0.418. The molecule has 222 valence electrons. The SMILES string of the molecule is COCc1cc(OC)c(-c2csc3c(N(CC4CC4C)C4CCOCC4)c(OC)nn23)c(OC)c1.CS(=O)(=O)O. The highest BCUT2D eigenvalue weighted by Crippen LogP contribution is 2.47. The van der Waals surface area contributed by atoms with Crippen LogP contribution in [0.2, 0.25) is 0 Å². The van der Waals surface area contributed by atoms with Crippen LogP contribution in [0.3, 0.4) is 0 Å². The van der Waals surface area contributed by atoms with Crippen LogP contribution in [0.5, 0.6) is 17.4 Å². The summed E-state index contributed by atoms with van der Waals surface area (Å²) >= 11 is 1.68. The van der Waals surface area contributed by atoms with Crippen molar-refractivity contribution in [2.75, 3.05) is 59.4 Å². The molecule has 3 aromatic rings. The molecule has 2 fully saturated rings. The lowest BCUT2D eigenvalue weighted by Crippen LogP contribution is -2.41. The first-order chi connectivity index (χ1) is 19.1. The maximum absolute atomic E-state index is 9.19. The van der Waals surface area contributed by atoms with Gasteiger partial charge in [0.2, 0.25) is 0 Å². The second kappa shape index (κ2) is 12.9. The molecule has 0 spiro atoms. The molecule has 2 unspecified atom stereocenters. The first kappa shape index (κ1) is 30.4. The number of fused-ring (bicyclic) bond motifs is 1. The fraction of sp³-hybridized carbons (Fsp3) is 0.593. The summed E-state index contributed by atoms with van der Waals surface area (Å²) in [6, 6.07) is 4.41. The molecule has 3 heterocycles. The molecule has 13 heteroatoms. The molecule has 11 nitrogen and oxygen atoms in total. The van der Waals surface area contributed by atoms with E-state index >= 15 is 0 Å². The summed E-state index contributed by atoms with van der Waals surface area (Å²) in [7, 11) is 3.08. The van der Waals surface area contributed by atoms with Crippen molar-refractivity contribution in [3.8, 4) is 28.6 Å². The van der Waals surface area contributed by atoms with Crippen LogP contribution in [0.25, 0.3) is 16.1 Å². The Bertz CT molecular complexity index is 1370. The number of hydrogen-bond donors (Lipinski definition) is 1. The first-order valence-electron chi connectivity index (χ1n) is 13.1. The maximum atomic E-state index is 9.19. The molecule has 1 aliphatic carbocycles. The smallest absolute Gasteiger partial charge is 0.261 e. The number of ether oxygens (including phenoxy) is 5. The van der Waals surface area contributed by atoms with Crippen molar-refractivity contribution in [2.24, 2.45) is 11.8 Å². The van der Waals surface area contributed by atoms with Gasteiger partial charge in [0.05, 0.1) is 45.4 Å². The number of benzene rings is 1. The minimum atomic E-state index is -3.67. The lowest BCUT2D eigenvalue weighted by atomic mass is 10.1. The van der Waals surface area contributed by atoms with E-state index in [1.54, 1.807) is 39.8 Å². The van der Waals surface area contributed by atoms with Gasteiger partial charge in [-0.3, -0.25) is 4.55 Å². The number of hydrogen-bond acceptors (Lipinski definition) is 10. The monoisotopic (exact) mass is 597 g/mol. The van der Waals surface area contributed by atoms with Crippen LogP contribution in [0.4, 0.5) is 5.69 Å². The molecule has 0 radical (unpaired) electrons. The second-order valence-corrected chi connectivity index (χ2v) is 12.5. The van der Waals surface area contributed by atoms with Gasteiger partial charge in [0.15, 0.2) is 0 Å². The standard InChI is InChI=1S/C26H35N3O5S.CH4O3S/c1-16-10-18(16)13-28(19-6-8-34-9-7-19)24-25(33-5)27-29-20(15-35-26(24)29)23-21(31-3)11-17(14-30-2)12-22(23)32-4;1-5(2,3)4/h11-12,15-16,18-19H,6-10,13-14H2,1-5H3;1H3,(H,2,3,4). The summed E-state index contributed by atoms with van der Waals surface area (Å²) in [6.45, 7) is 5.44. The highest BCUT2D eigenvalue weighted by molar-refractivity contribution is 7.85. The van der Waals surface area contributed by atoms with Gasteiger partial charge < -0.3 is 28.6 Å². The van der Waals surface area contributed by atoms with Crippen LogP contribution < -0.4 is 19.1 Å². The third-order valence-electron chi connectivity index (χ3n) is 7.25. The molecule has 0 amide bonds. The molecule has 1 saturated heterocycles. The van der Waals surface area contributed by atoms with E-state index in [1.165, 1.54) is 6.42 Å². The summed E-state index contributed by atoms with van der Waals surface area (Å²) in [5, 5.41) is 7.06. The Kier molecular flexibility index (Phi) is 9.83. The number of thiazole rings is 1. The zero-order valence-corrected chi connectivity index (χ0v) is 25.5. The molecule has 2 aromatic heterocycles. The predicted octanol–water partition coefficient (Wildman–Crippen LogP) is 4.38. The molecule has 2 atom stereocenters. The lowest BCUT2D eigenvalue weighted by Gasteiger charge is -2.35. The summed E-state index contributed by atoms with van der Waals surface area (Å²) in [6.07, 6.45) is 4.03. The Morgan fingerprint density at radius 1 is 1.12 bits per heavy atom. The summed E-state index contributed by atoms with van der Waals surface area (Å²) in [5.74, 6) is 3.59. The Morgan fingerprint density at radius 3 is 2.23 bits per heavy atom. The van der Waals surface area contributed by atoms with E-state index in [4.69, 9.17) is 33.3 Å². The van der Waals surface area contributed by atoms with Crippen LogP contribution in [-0.4, -0.2) is 83.1 Å². The number of rotatable bonds is 10. The van der Waals surface area contributed by atoms with Gasteiger partial charge in [-0.05, 0) is 48.8 Å². The van der Waals surface area contributed by atoms with Crippen molar-refractivity contribution in [2.45, 2.75) is 38.8 Å². The topological polar surface area (TPSA) is 121 Å². The third-order valence-corrected chi connectivity index (χ3v) is 8.18. The molecule has 5 rings (SSSR count). The molecular weight excluding hydrogens is 558 g/mol. The van der Waals surface area contributed by atoms with Gasteiger partial charge >= 0.3 is 0 Å². The van der Waals surface area contributed by atoms with Crippen LogP contribution in [-0.2, 0) is 26.2 Å². The maximum Gasteiger partial charge on any atom is 0.261 e. The van der Waals surface area contributed by atoms with Crippen LogP contribution >= 0.6 is 11.3 Å². The number of methoxy groups -OCH3 is 4. The Labute approximate surface area is 239 Å². The van der Waals surface area contributed by atoms with E-state index in [0.717, 1.165) is 77.4 Å². The molecule has 0 bridgehead atoms. The average Bonchev–Trinajstić information content (AvgIpc) is 3.30. The molecule has 1 N–H and O–H groups in total. The zero-order valence-electron chi connectivity index (χ0n) is 23.9. The number of aromatic nitrogens is 2. The zero-order chi connectivity index (χ0) is 29.0. The molecule has 40 heavy (non-hydrogen) atoms. The normalized spacial score (nSPS) is 19.2. The van der Waals surface area contributed by atoms with Crippen LogP contribution in [0, 0.1) is 11.8 Å². The van der Waals surface area contributed by atoms with Gasteiger partial charge in [0.25, 0.3) is 16.0 Å². The molecule has 2 aliphatic rings. The fourth-order valence-corrected chi connectivity index (χ4v) is 6.14. The third kappa shape index (κ3) is 7.00. The number of anilines is 1. The average molecular weight is 598 g/mol. The van der Waals surface area contributed by atoms with Gasteiger partial charge in [-0.25, -0.2) is 4.52 Å². The van der Waals surface area contributed by atoms with E-state index in [0.29, 0.717) is 30.7 Å². The van der Waals surface area contributed by atoms with Gasteiger partial charge in [-0.2, -0.15) is 8.42 Å².